The van der Waals surface area contributed by atoms with E-state index in [1.165, 1.54) is 0 Å². The van der Waals surface area contributed by atoms with E-state index in [4.69, 9.17) is 11.5 Å². The number of amides is 1. The topological polar surface area (TPSA) is 138 Å². The van der Waals surface area contributed by atoms with Crippen LogP contribution in [0.4, 0.5) is 11.5 Å². The number of anilines is 2. The molecular weight excluding hydrogens is 452 g/mol. The van der Waals surface area contributed by atoms with Crippen LogP contribution in [0.3, 0.4) is 0 Å². The third kappa shape index (κ3) is 4.68. The molecule has 0 aliphatic carbocycles. The highest BCUT2D eigenvalue weighted by Gasteiger charge is 2.18. The fourth-order valence-corrected chi connectivity index (χ4v) is 3.89. The highest BCUT2D eigenvalue weighted by molar-refractivity contribution is 6.06. The van der Waals surface area contributed by atoms with Crippen molar-refractivity contribution in [3.63, 3.8) is 0 Å². The molecule has 9 nitrogen and oxygen atoms in total. The second-order valence-electron chi connectivity index (χ2n) is 8.06. The molecule has 0 aliphatic rings. The molecule has 36 heavy (non-hydrogen) atoms. The largest absolute Gasteiger partial charge is 0.382 e. The van der Waals surface area contributed by atoms with E-state index in [1.807, 2.05) is 65.4 Å². The number of carbonyl (C=O) groups excluding carboxylic acids is 1. The van der Waals surface area contributed by atoms with Gasteiger partial charge >= 0.3 is 0 Å². The normalized spacial score (nSPS) is 10.8. The first-order chi connectivity index (χ1) is 17.6. The predicted molar refractivity (Wildman–Crippen MR) is 139 cm³/mol. The Bertz CT molecular complexity index is 1500. The number of pyridine rings is 1. The van der Waals surface area contributed by atoms with Gasteiger partial charge in [0.05, 0.1) is 29.5 Å². The number of nitrogens with one attached hydrogen (secondary N) is 1. The summed E-state index contributed by atoms with van der Waals surface area (Å²) < 4.78 is 1.89. The monoisotopic (exact) mass is 476 g/mol. The van der Waals surface area contributed by atoms with Gasteiger partial charge in [-0.1, -0.05) is 54.6 Å². The molecule has 0 atom stereocenters. The molecule has 5 aromatic rings. The van der Waals surface area contributed by atoms with E-state index in [9.17, 15) is 4.79 Å². The lowest BCUT2D eigenvalue weighted by atomic mass is 10.1. The minimum Gasteiger partial charge on any atom is -0.382 e. The standard InChI is InChI=1S/C27H24N8O/c28-12-10-18-6-8-19(9-7-18)21-17-32-25(29)24(33-21)27(36)34-22-16-30-13-11-23(22)35-15-14-31-26(35)20-4-2-1-3-5-20/h1-9,11,13-17H,10,12,28H2,(H2,29,32)(H,34,36). The summed E-state index contributed by atoms with van der Waals surface area (Å²) in [4.78, 5) is 30.7. The number of benzene rings is 2. The number of nitrogens with zero attached hydrogens (tertiary/aromatic N) is 5. The van der Waals surface area contributed by atoms with Crippen LogP contribution in [0.1, 0.15) is 16.1 Å². The zero-order valence-corrected chi connectivity index (χ0v) is 19.4. The van der Waals surface area contributed by atoms with Crippen LogP contribution >= 0.6 is 0 Å². The van der Waals surface area contributed by atoms with Crippen molar-refractivity contribution in [3.8, 4) is 28.3 Å². The van der Waals surface area contributed by atoms with Gasteiger partial charge in [0, 0.05) is 29.7 Å². The Balaban J connectivity index is 1.45. The van der Waals surface area contributed by atoms with E-state index >= 15 is 0 Å². The Morgan fingerprint density at radius 3 is 2.50 bits per heavy atom. The minimum absolute atomic E-state index is 0.0299. The number of carbonyl (C=O) groups is 1. The zero-order chi connectivity index (χ0) is 24.9. The molecule has 0 radical (unpaired) electrons. The number of aromatic nitrogens is 5. The van der Waals surface area contributed by atoms with Crippen molar-refractivity contribution in [2.24, 2.45) is 5.73 Å². The van der Waals surface area contributed by atoms with Crippen LogP contribution in [0, 0.1) is 0 Å². The van der Waals surface area contributed by atoms with Gasteiger partial charge in [-0.2, -0.15) is 0 Å². The summed E-state index contributed by atoms with van der Waals surface area (Å²) in [6.07, 6.45) is 9.11. The maximum atomic E-state index is 13.3. The summed E-state index contributed by atoms with van der Waals surface area (Å²) >= 11 is 0. The van der Waals surface area contributed by atoms with Crippen molar-refractivity contribution in [2.75, 3.05) is 17.6 Å². The summed E-state index contributed by atoms with van der Waals surface area (Å²) in [6.45, 7) is 0.577. The fraction of sp³-hybridized carbons (Fsp3) is 0.0741. The van der Waals surface area contributed by atoms with Crippen molar-refractivity contribution < 1.29 is 4.79 Å². The lowest BCUT2D eigenvalue weighted by Crippen LogP contribution is -2.18. The van der Waals surface area contributed by atoms with Crippen LogP contribution in [0.5, 0.6) is 0 Å². The zero-order valence-electron chi connectivity index (χ0n) is 19.4. The average Bonchev–Trinajstić information content (AvgIpc) is 3.40. The third-order valence-electron chi connectivity index (χ3n) is 5.68. The molecule has 1 amide bonds. The first kappa shape index (κ1) is 22.9. The molecule has 9 heteroatoms. The summed E-state index contributed by atoms with van der Waals surface area (Å²) in [7, 11) is 0. The Labute approximate surface area is 207 Å². The SMILES string of the molecule is NCCc1ccc(-c2cnc(N)c(C(=O)Nc3cnccc3-n3ccnc3-c3ccccc3)n2)cc1. The number of hydrogen-bond donors (Lipinski definition) is 3. The number of hydrogen-bond acceptors (Lipinski definition) is 7. The molecule has 0 spiro atoms. The second-order valence-corrected chi connectivity index (χ2v) is 8.06. The van der Waals surface area contributed by atoms with Crippen LogP contribution in [0.25, 0.3) is 28.3 Å². The fourth-order valence-electron chi connectivity index (χ4n) is 3.89. The van der Waals surface area contributed by atoms with Gasteiger partial charge in [0.2, 0.25) is 0 Å². The van der Waals surface area contributed by atoms with Crippen molar-refractivity contribution >= 4 is 17.4 Å². The molecule has 178 valence electrons. The molecule has 2 aromatic carbocycles. The van der Waals surface area contributed by atoms with Crippen LogP contribution in [0.2, 0.25) is 0 Å². The number of imidazole rings is 1. The lowest BCUT2D eigenvalue weighted by Gasteiger charge is -2.14. The van der Waals surface area contributed by atoms with Gasteiger partial charge in [-0.3, -0.25) is 14.3 Å². The number of rotatable bonds is 7. The van der Waals surface area contributed by atoms with E-state index in [2.05, 4.69) is 25.3 Å². The Hall–Kier alpha value is -4.89. The summed E-state index contributed by atoms with van der Waals surface area (Å²) in [5.41, 5.74) is 16.3. The third-order valence-corrected chi connectivity index (χ3v) is 5.68. The van der Waals surface area contributed by atoms with Gasteiger partial charge in [-0.05, 0) is 24.6 Å². The van der Waals surface area contributed by atoms with Gasteiger partial charge in [-0.25, -0.2) is 15.0 Å². The molecule has 0 aliphatic heterocycles. The summed E-state index contributed by atoms with van der Waals surface area (Å²) in [6, 6.07) is 19.4. The molecule has 5 N–H and O–H groups in total. The van der Waals surface area contributed by atoms with E-state index in [-0.39, 0.29) is 11.5 Å². The summed E-state index contributed by atoms with van der Waals surface area (Å²) in [5.74, 6) is 0.281. The van der Waals surface area contributed by atoms with Crippen LogP contribution in [-0.2, 0) is 6.42 Å². The number of nitrogens with two attached hydrogens (primary N) is 2. The molecule has 5 rings (SSSR count). The lowest BCUT2D eigenvalue weighted by molar-refractivity contribution is 0.102. The predicted octanol–water partition coefficient (Wildman–Crippen LogP) is 3.73. The van der Waals surface area contributed by atoms with Gasteiger partial charge in [0.1, 0.15) is 5.82 Å². The average molecular weight is 477 g/mol. The van der Waals surface area contributed by atoms with Crippen molar-refractivity contribution in [3.05, 3.63) is 103 Å². The Kier molecular flexibility index (Phi) is 6.46. The van der Waals surface area contributed by atoms with E-state index < -0.39 is 5.91 Å². The first-order valence-electron chi connectivity index (χ1n) is 11.4. The Morgan fingerprint density at radius 2 is 1.72 bits per heavy atom. The maximum absolute atomic E-state index is 13.3. The van der Waals surface area contributed by atoms with Gasteiger partial charge < -0.3 is 16.8 Å². The van der Waals surface area contributed by atoms with Crippen LogP contribution in [-0.4, -0.2) is 37.0 Å². The minimum atomic E-state index is -0.489. The second kappa shape index (κ2) is 10.2. The summed E-state index contributed by atoms with van der Waals surface area (Å²) in [5, 5.41) is 2.89. The molecule has 0 saturated carbocycles. The molecule has 0 saturated heterocycles. The number of nitrogen functional groups attached to an aromatic ring is 1. The van der Waals surface area contributed by atoms with Crippen molar-refractivity contribution in [2.45, 2.75) is 6.42 Å². The van der Waals surface area contributed by atoms with E-state index in [1.54, 1.807) is 30.9 Å². The molecule has 0 bridgehead atoms. The quantitative estimate of drug-likeness (QED) is 0.325. The highest BCUT2D eigenvalue weighted by Crippen LogP contribution is 2.27. The molecule has 0 fully saturated rings. The maximum Gasteiger partial charge on any atom is 0.278 e. The van der Waals surface area contributed by atoms with Gasteiger partial charge in [0.25, 0.3) is 5.91 Å². The molecule has 0 unspecified atom stereocenters. The first-order valence-corrected chi connectivity index (χ1v) is 11.4. The van der Waals surface area contributed by atoms with Crippen LogP contribution < -0.4 is 16.8 Å². The molecular formula is C27H24N8O. The van der Waals surface area contributed by atoms with E-state index in [0.29, 0.717) is 23.6 Å². The van der Waals surface area contributed by atoms with Gasteiger partial charge in [0.15, 0.2) is 11.5 Å². The molecule has 3 aromatic heterocycles. The molecule has 3 heterocycles. The smallest absolute Gasteiger partial charge is 0.278 e. The van der Waals surface area contributed by atoms with Crippen molar-refractivity contribution in [1.29, 1.82) is 0 Å². The van der Waals surface area contributed by atoms with E-state index in [0.717, 1.165) is 28.9 Å². The van der Waals surface area contributed by atoms with Crippen LogP contribution in [0.15, 0.2) is 91.6 Å². The van der Waals surface area contributed by atoms with Gasteiger partial charge in [-0.15, -0.1) is 0 Å². The highest BCUT2D eigenvalue weighted by atomic mass is 16.1. The Morgan fingerprint density at radius 1 is 0.917 bits per heavy atom. The van der Waals surface area contributed by atoms with Crippen molar-refractivity contribution in [1.82, 2.24) is 24.5 Å².